The molecule has 0 spiro atoms. The highest BCUT2D eigenvalue weighted by Gasteiger charge is 2.29. The molecule has 30 heavy (non-hydrogen) atoms. The summed E-state index contributed by atoms with van der Waals surface area (Å²) in [5.74, 6) is -1.75. The van der Waals surface area contributed by atoms with Crippen molar-refractivity contribution in [2.24, 2.45) is 5.92 Å². The van der Waals surface area contributed by atoms with E-state index in [1.807, 2.05) is 32.0 Å². The summed E-state index contributed by atoms with van der Waals surface area (Å²) in [6, 6.07) is 11.1. The number of anilines is 1. The molecule has 1 N–H and O–H groups in total. The molecule has 2 amide bonds. The first-order chi connectivity index (χ1) is 14.3. The van der Waals surface area contributed by atoms with Crippen molar-refractivity contribution < 1.29 is 23.5 Å². The molecule has 1 aliphatic heterocycles. The molecule has 2 aromatic carbocycles. The average Bonchev–Trinajstić information content (AvgIpc) is 2.74. The number of aryl methyl sites for hydroxylation is 2. The zero-order valence-electron chi connectivity index (χ0n) is 17.1. The molecule has 0 radical (unpaired) electrons. The van der Waals surface area contributed by atoms with Crippen LogP contribution in [0.4, 0.5) is 10.1 Å². The maximum absolute atomic E-state index is 13.0. The highest BCUT2D eigenvalue weighted by molar-refractivity contribution is 5.95. The van der Waals surface area contributed by atoms with Gasteiger partial charge in [0.2, 0.25) is 0 Å². The van der Waals surface area contributed by atoms with Gasteiger partial charge in [-0.25, -0.2) is 4.39 Å². The third kappa shape index (κ3) is 5.43. The van der Waals surface area contributed by atoms with Gasteiger partial charge in [-0.15, -0.1) is 0 Å². The van der Waals surface area contributed by atoms with Gasteiger partial charge in [0.25, 0.3) is 11.8 Å². The zero-order valence-corrected chi connectivity index (χ0v) is 17.1. The topological polar surface area (TPSA) is 75.7 Å². The lowest BCUT2D eigenvalue weighted by molar-refractivity contribution is -0.152. The quantitative estimate of drug-likeness (QED) is 0.763. The van der Waals surface area contributed by atoms with Gasteiger partial charge < -0.3 is 15.0 Å². The van der Waals surface area contributed by atoms with Gasteiger partial charge in [0.15, 0.2) is 6.61 Å². The van der Waals surface area contributed by atoms with Crippen molar-refractivity contribution in [2.75, 3.05) is 25.0 Å². The summed E-state index contributed by atoms with van der Waals surface area (Å²) in [5, 5.41) is 2.74. The van der Waals surface area contributed by atoms with Gasteiger partial charge >= 0.3 is 5.97 Å². The maximum Gasteiger partial charge on any atom is 0.309 e. The van der Waals surface area contributed by atoms with Crippen LogP contribution in [-0.4, -0.2) is 42.4 Å². The first kappa shape index (κ1) is 21.5. The Morgan fingerprint density at radius 3 is 2.37 bits per heavy atom. The van der Waals surface area contributed by atoms with Crippen LogP contribution in [-0.2, 0) is 14.3 Å². The number of nitrogens with zero attached hydrogens (tertiary/aromatic N) is 1. The number of nitrogens with one attached hydrogen (secondary N) is 1. The van der Waals surface area contributed by atoms with Gasteiger partial charge in [-0.1, -0.05) is 17.7 Å². The standard InChI is InChI=1S/C23H25FN2O4/c1-15-3-8-20(16(2)13-15)25-21(27)14-30-23(29)18-9-11-26(12-10-18)22(28)17-4-6-19(24)7-5-17/h3-8,13,18H,9-12,14H2,1-2H3,(H,25,27). The summed E-state index contributed by atoms with van der Waals surface area (Å²) in [4.78, 5) is 38.5. The number of likely N-dealkylation sites (tertiary alicyclic amines) is 1. The van der Waals surface area contributed by atoms with Crippen LogP contribution in [0.25, 0.3) is 0 Å². The van der Waals surface area contributed by atoms with Crippen LogP contribution < -0.4 is 5.32 Å². The molecule has 0 saturated carbocycles. The molecule has 0 aromatic heterocycles. The van der Waals surface area contributed by atoms with Crippen molar-refractivity contribution in [3.05, 3.63) is 65.0 Å². The van der Waals surface area contributed by atoms with Crippen LogP contribution in [0.15, 0.2) is 42.5 Å². The van der Waals surface area contributed by atoms with E-state index in [2.05, 4.69) is 5.32 Å². The lowest BCUT2D eigenvalue weighted by Crippen LogP contribution is -2.41. The number of hydrogen-bond donors (Lipinski definition) is 1. The third-order valence-electron chi connectivity index (χ3n) is 5.21. The van der Waals surface area contributed by atoms with Gasteiger partial charge in [-0.05, 0) is 62.6 Å². The molecule has 6 nitrogen and oxygen atoms in total. The second-order valence-electron chi connectivity index (χ2n) is 7.55. The van der Waals surface area contributed by atoms with E-state index in [1.54, 1.807) is 4.90 Å². The summed E-state index contributed by atoms with van der Waals surface area (Å²) in [5.41, 5.74) is 3.14. The molecule has 0 aliphatic carbocycles. The molecule has 3 rings (SSSR count). The largest absolute Gasteiger partial charge is 0.455 e. The number of esters is 1. The zero-order chi connectivity index (χ0) is 21.7. The Hall–Kier alpha value is -3.22. The minimum absolute atomic E-state index is 0.185. The van der Waals surface area contributed by atoms with Gasteiger partial charge in [0.1, 0.15) is 5.82 Å². The van der Waals surface area contributed by atoms with Crippen molar-refractivity contribution in [2.45, 2.75) is 26.7 Å². The minimum atomic E-state index is -0.431. The predicted octanol–water partition coefficient (Wildman–Crippen LogP) is 3.48. The third-order valence-corrected chi connectivity index (χ3v) is 5.21. The van der Waals surface area contributed by atoms with E-state index in [0.717, 1.165) is 11.1 Å². The van der Waals surface area contributed by atoms with Crippen LogP contribution in [0, 0.1) is 25.6 Å². The summed E-state index contributed by atoms with van der Waals surface area (Å²) in [7, 11) is 0. The summed E-state index contributed by atoms with van der Waals surface area (Å²) >= 11 is 0. The van der Waals surface area contributed by atoms with E-state index in [9.17, 15) is 18.8 Å². The van der Waals surface area contributed by atoms with Crippen molar-refractivity contribution in [1.29, 1.82) is 0 Å². The van der Waals surface area contributed by atoms with Gasteiger partial charge in [-0.3, -0.25) is 14.4 Å². The van der Waals surface area contributed by atoms with E-state index in [4.69, 9.17) is 4.74 Å². The second-order valence-corrected chi connectivity index (χ2v) is 7.55. The average molecular weight is 412 g/mol. The monoisotopic (exact) mass is 412 g/mol. The molecule has 1 fully saturated rings. The van der Waals surface area contributed by atoms with Gasteiger partial charge in [0.05, 0.1) is 5.92 Å². The van der Waals surface area contributed by atoms with Gasteiger partial charge in [-0.2, -0.15) is 0 Å². The van der Waals surface area contributed by atoms with Crippen molar-refractivity contribution in [3.8, 4) is 0 Å². The van der Waals surface area contributed by atoms with E-state index < -0.39 is 11.8 Å². The highest BCUT2D eigenvalue weighted by atomic mass is 19.1. The molecule has 158 valence electrons. The summed E-state index contributed by atoms with van der Waals surface area (Å²) in [6.07, 6.45) is 0.926. The van der Waals surface area contributed by atoms with Gasteiger partial charge in [0, 0.05) is 24.3 Å². The number of halogens is 1. The Bertz CT molecular complexity index is 935. The number of ether oxygens (including phenoxy) is 1. The molecule has 0 atom stereocenters. The molecular formula is C23H25FN2O4. The fraction of sp³-hybridized carbons (Fsp3) is 0.348. The summed E-state index contributed by atoms with van der Waals surface area (Å²) in [6.45, 7) is 4.34. The van der Waals surface area contributed by atoms with Crippen molar-refractivity contribution >= 4 is 23.5 Å². The molecule has 0 bridgehead atoms. The van der Waals surface area contributed by atoms with Crippen LogP contribution in [0.1, 0.15) is 34.3 Å². The Morgan fingerprint density at radius 2 is 1.73 bits per heavy atom. The normalized spacial score (nSPS) is 14.3. The Morgan fingerprint density at radius 1 is 1.07 bits per heavy atom. The van der Waals surface area contributed by atoms with E-state index >= 15 is 0 Å². The number of piperidine rings is 1. The number of carbonyl (C=O) groups excluding carboxylic acids is 3. The first-order valence-corrected chi connectivity index (χ1v) is 9.92. The Balaban J connectivity index is 1.44. The van der Waals surface area contributed by atoms with Crippen LogP contribution in [0.2, 0.25) is 0 Å². The Kier molecular flexibility index (Phi) is 6.82. The molecule has 1 aliphatic rings. The fourth-order valence-electron chi connectivity index (χ4n) is 3.49. The molecular weight excluding hydrogens is 387 g/mol. The number of hydrogen-bond acceptors (Lipinski definition) is 4. The van der Waals surface area contributed by atoms with Crippen molar-refractivity contribution in [3.63, 3.8) is 0 Å². The lowest BCUT2D eigenvalue weighted by atomic mass is 9.96. The maximum atomic E-state index is 13.0. The SMILES string of the molecule is Cc1ccc(NC(=O)COC(=O)C2CCN(C(=O)c3ccc(F)cc3)CC2)c(C)c1. The van der Waals surface area contributed by atoms with Crippen LogP contribution in [0.3, 0.4) is 0 Å². The van der Waals surface area contributed by atoms with Crippen LogP contribution >= 0.6 is 0 Å². The second kappa shape index (κ2) is 9.52. The molecule has 0 unspecified atom stereocenters. The highest BCUT2D eigenvalue weighted by Crippen LogP contribution is 2.21. The molecule has 1 saturated heterocycles. The molecule has 1 heterocycles. The smallest absolute Gasteiger partial charge is 0.309 e. The van der Waals surface area contributed by atoms with E-state index in [-0.39, 0.29) is 24.3 Å². The Labute approximate surface area is 175 Å². The molecule has 2 aromatic rings. The van der Waals surface area contributed by atoms with Crippen LogP contribution in [0.5, 0.6) is 0 Å². The predicted molar refractivity (Wildman–Crippen MR) is 111 cm³/mol. The van der Waals surface area contributed by atoms with Crippen molar-refractivity contribution in [1.82, 2.24) is 4.90 Å². The number of benzene rings is 2. The number of carbonyl (C=O) groups is 3. The van der Waals surface area contributed by atoms with E-state index in [1.165, 1.54) is 24.3 Å². The summed E-state index contributed by atoms with van der Waals surface area (Å²) < 4.78 is 18.2. The molecule has 7 heteroatoms. The first-order valence-electron chi connectivity index (χ1n) is 9.92. The van der Waals surface area contributed by atoms with E-state index in [0.29, 0.717) is 37.2 Å². The lowest BCUT2D eigenvalue weighted by Gasteiger charge is -2.31. The minimum Gasteiger partial charge on any atom is -0.455 e. The number of amides is 2. The fourth-order valence-corrected chi connectivity index (χ4v) is 3.49. The number of rotatable bonds is 5.